The van der Waals surface area contributed by atoms with Crippen molar-refractivity contribution in [2.24, 2.45) is 11.8 Å². The third kappa shape index (κ3) is 2.83. The van der Waals surface area contributed by atoms with E-state index in [1.54, 1.807) is 0 Å². The van der Waals surface area contributed by atoms with Gasteiger partial charge in [-0.3, -0.25) is 4.79 Å². The normalized spacial score (nSPS) is 30.4. The van der Waals surface area contributed by atoms with Gasteiger partial charge in [-0.05, 0) is 36.8 Å². The Hall–Kier alpha value is -1.31. The van der Waals surface area contributed by atoms with Crippen LogP contribution < -0.4 is 5.32 Å². The van der Waals surface area contributed by atoms with Crippen molar-refractivity contribution in [2.75, 3.05) is 0 Å². The molecule has 2 nitrogen and oxygen atoms in total. The van der Waals surface area contributed by atoms with Crippen molar-refractivity contribution in [2.45, 2.75) is 51.0 Å². The molecule has 1 N–H and O–H groups in total. The molecule has 1 amide bonds. The minimum absolute atomic E-state index is 0.108. The van der Waals surface area contributed by atoms with Gasteiger partial charge in [-0.15, -0.1) is 0 Å². The maximum atomic E-state index is 12.3. The van der Waals surface area contributed by atoms with Gasteiger partial charge in [-0.1, -0.05) is 50.3 Å². The monoisotopic (exact) mass is 257 g/mol. The molecule has 2 aliphatic rings. The molecule has 0 unspecified atom stereocenters. The van der Waals surface area contributed by atoms with Crippen LogP contribution in [0.4, 0.5) is 0 Å². The lowest BCUT2D eigenvalue weighted by Crippen LogP contribution is -2.46. The Bertz CT molecular complexity index is 426. The summed E-state index contributed by atoms with van der Waals surface area (Å²) >= 11 is 0. The van der Waals surface area contributed by atoms with Crippen LogP contribution in [0.25, 0.3) is 0 Å². The molecule has 0 heterocycles. The molecule has 0 spiro atoms. The fourth-order valence-corrected chi connectivity index (χ4v) is 3.96. The summed E-state index contributed by atoms with van der Waals surface area (Å²) in [7, 11) is 0. The highest BCUT2D eigenvalue weighted by Gasteiger charge is 2.35. The van der Waals surface area contributed by atoms with Crippen LogP contribution in [0, 0.1) is 11.8 Å². The van der Waals surface area contributed by atoms with Gasteiger partial charge in [-0.2, -0.15) is 0 Å². The van der Waals surface area contributed by atoms with Crippen molar-refractivity contribution in [1.82, 2.24) is 5.32 Å². The zero-order valence-corrected chi connectivity index (χ0v) is 11.5. The Labute approximate surface area is 115 Å². The predicted octanol–water partition coefficient (Wildman–Crippen LogP) is 3.78. The average molecular weight is 257 g/mol. The van der Waals surface area contributed by atoms with Gasteiger partial charge < -0.3 is 5.32 Å². The van der Waals surface area contributed by atoms with Gasteiger partial charge in [-0.25, -0.2) is 0 Å². The summed E-state index contributed by atoms with van der Waals surface area (Å²) in [6.07, 6.45) is 9.25. The summed E-state index contributed by atoms with van der Waals surface area (Å²) in [4.78, 5) is 12.3. The van der Waals surface area contributed by atoms with Crippen LogP contribution in [0.5, 0.6) is 0 Å². The minimum Gasteiger partial charge on any atom is -0.349 e. The molecule has 0 radical (unpaired) electrons. The van der Waals surface area contributed by atoms with Gasteiger partial charge in [0.15, 0.2) is 0 Å². The molecule has 1 aromatic rings. The molecule has 2 heteroatoms. The Morgan fingerprint density at radius 3 is 2.53 bits per heavy atom. The Morgan fingerprint density at radius 1 is 0.947 bits per heavy atom. The zero-order valence-electron chi connectivity index (χ0n) is 11.5. The first-order valence-corrected chi connectivity index (χ1v) is 7.70. The molecule has 2 aliphatic carbocycles. The maximum Gasteiger partial charge on any atom is 0.251 e. The lowest BCUT2D eigenvalue weighted by atomic mass is 9.68. The second-order valence-electron chi connectivity index (χ2n) is 6.09. The van der Waals surface area contributed by atoms with Crippen molar-refractivity contribution < 1.29 is 4.79 Å². The van der Waals surface area contributed by atoms with Gasteiger partial charge in [0.2, 0.25) is 0 Å². The topological polar surface area (TPSA) is 29.1 Å². The quantitative estimate of drug-likeness (QED) is 0.858. The molecule has 2 saturated carbocycles. The SMILES string of the molecule is O=C(N[C@H]1CCC[C@@H]2CCCC[C@@H]21)c1ccccc1. The molecule has 0 aliphatic heterocycles. The Balaban J connectivity index is 1.66. The molecule has 0 aromatic heterocycles. The number of rotatable bonds is 2. The van der Waals surface area contributed by atoms with Crippen LogP contribution in [0.2, 0.25) is 0 Å². The number of hydrogen-bond acceptors (Lipinski definition) is 1. The summed E-state index contributed by atoms with van der Waals surface area (Å²) in [5, 5.41) is 3.30. The number of hydrogen-bond donors (Lipinski definition) is 1. The molecule has 0 saturated heterocycles. The van der Waals surface area contributed by atoms with Crippen LogP contribution in [0.3, 0.4) is 0 Å². The van der Waals surface area contributed by atoms with E-state index in [1.807, 2.05) is 30.3 Å². The summed E-state index contributed by atoms with van der Waals surface area (Å²) in [5.41, 5.74) is 0.792. The van der Waals surface area contributed by atoms with E-state index in [2.05, 4.69) is 5.32 Å². The third-order valence-electron chi connectivity index (χ3n) is 4.93. The van der Waals surface area contributed by atoms with Crippen molar-refractivity contribution in [3.05, 3.63) is 35.9 Å². The van der Waals surface area contributed by atoms with Crippen LogP contribution in [-0.4, -0.2) is 11.9 Å². The van der Waals surface area contributed by atoms with E-state index in [4.69, 9.17) is 0 Å². The number of nitrogens with one attached hydrogen (secondary N) is 1. The second-order valence-corrected chi connectivity index (χ2v) is 6.09. The van der Waals surface area contributed by atoms with Gasteiger partial charge in [0.25, 0.3) is 5.91 Å². The average Bonchev–Trinajstić information content (AvgIpc) is 2.48. The van der Waals surface area contributed by atoms with Crippen molar-refractivity contribution >= 4 is 5.91 Å². The van der Waals surface area contributed by atoms with Crippen molar-refractivity contribution in [3.63, 3.8) is 0 Å². The van der Waals surface area contributed by atoms with Crippen molar-refractivity contribution in [1.29, 1.82) is 0 Å². The van der Waals surface area contributed by atoms with Crippen molar-refractivity contribution in [3.8, 4) is 0 Å². The summed E-state index contributed by atoms with van der Waals surface area (Å²) in [6, 6.07) is 10.0. The molecule has 2 fully saturated rings. The molecule has 0 bridgehead atoms. The van der Waals surface area contributed by atoms with E-state index in [-0.39, 0.29) is 5.91 Å². The maximum absolute atomic E-state index is 12.3. The third-order valence-corrected chi connectivity index (χ3v) is 4.93. The molecular weight excluding hydrogens is 234 g/mol. The smallest absolute Gasteiger partial charge is 0.251 e. The van der Waals surface area contributed by atoms with E-state index < -0.39 is 0 Å². The first-order valence-electron chi connectivity index (χ1n) is 7.70. The molecule has 1 aromatic carbocycles. The standard InChI is InChI=1S/C17H23NO/c19-17(14-8-2-1-3-9-14)18-16-12-6-10-13-7-4-5-11-15(13)16/h1-3,8-9,13,15-16H,4-7,10-12H2,(H,18,19)/t13-,15-,16-/m0/s1. The van der Waals surface area contributed by atoms with Gasteiger partial charge in [0.05, 0.1) is 0 Å². The minimum atomic E-state index is 0.108. The highest BCUT2D eigenvalue weighted by atomic mass is 16.1. The lowest BCUT2D eigenvalue weighted by Gasteiger charge is -2.41. The largest absolute Gasteiger partial charge is 0.349 e. The van der Waals surface area contributed by atoms with E-state index in [9.17, 15) is 4.79 Å². The first kappa shape index (κ1) is 12.7. The lowest BCUT2D eigenvalue weighted by molar-refractivity contribution is 0.0823. The van der Waals surface area contributed by atoms with E-state index in [0.29, 0.717) is 6.04 Å². The van der Waals surface area contributed by atoms with Crippen LogP contribution >= 0.6 is 0 Å². The summed E-state index contributed by atoms with van der Waals surface area (Å²) < 4.78 is 0. The fourth-order valence-electron chi connectivity index (χ4n) is 3.96. The van der Waals surface area contributed by atoms with Crippen LogP contribution in [0.1, 0.15) is 55.3 Å². The zero-order chi connectivity index (χ0) is 13.1. The molecular formula is C17H23NO. The van der Waals surface area contributed by atoms with Crippen LogP contribution in [0.15, 0.2) is 30.3 Å². The molecule has 3 atom stereocenters. The number of carbonyl (C=O) groups is 1. The van der Waals surface area contributed by atoms with Gasteiger partial charge in [0.1, 0.15) is 0 Å². The van der Waals surface area contributed by atoms with Crippen LogP contribution in [-0.2, 0) is 0 Å². The first-order chi connectivity index (χ1) is 9.34. The number of carbonyl (C=O) groups excluding carboxylic acids is 1. The fraction of sp³-hybridized carbons (Fsp3) is 0.588. The molecule has 3 rings (SSSR count). The number of fused-ring (bicyclic) bond motifs is 1. The Morgan fingerprint density at radius 2 is 1.68 bits per heavy atom. The van der Waals surface area contributed by atoms with E-state index >= 15 is 0 Å². The van der Waals surface area contributed by atoms with Gasteiger partial charge >= 0.3 is 0 Å². The Kier molecular flexibility index (Phi) is 3.86. The highest BCUT2D eigenvalue weighted by molar-refractivity contribution is 5.94. The van der Waals surface area contributed by atoms with E-state index in [1.165, 1.54) is 44.9 Å². The summed E-state index contributed by atoms with van der Waals surface area (Å²) in [5.74, 6) is 1.70. The van der Waals surface area contributed by atoms with Gasteiger partial charge in [0, 0.05) is 11.6 Å². The number of amides is 1. The number of benzene rings is 1. The molecule has 102 valence electrons. The molecule has 19 heavy (non-hydrogen) atoms. The highest BCUT2D eigenvalue weighted by Crippen LogP contribution is 2.40. The second kappa shape index (κ2) is 5.77. The predicted molar refractivity (Wildman–Crippen MR) is 77.0 cm³/mol. The van der Waals surface area contributed by atoms with E-state index in [0.717, 1.165) is 17.4 Å². The summed E-state index contributed by atoms with van der Waals surface area (Å²) in [6.45, 7) is 0.